The molecule has 0 amide bonds. The van der Waals surface area contributed by atoms with E-state index in [4.69, 9.17) is 0 Å². The van der Waals surface area contributed by atoms with Crippen molar-refractivity contribution in [1.82, 2.24) is 0 Å². The highest BCUT2D eigenvalue weighted by Crippen LogP contribution is 2.19. The molecule has 2 heteroatoms. The van der Waals surface area contributed by atoms with Gasteiger partial charge in [-0.3, -0.25) is 0 Å². The van der Waals surface area contributed by atoms with Crippen LogP contribution in [0, 0.1) is 0 Å². The van der Waals surface area contributed by atoms with Gasteiger partial charge in [-0.15, -0.1) is 0 Å². The fourth-order valence-corrected chi connectivity index (χ4v) is 2.27. The lowest BCUT2D eigenvalue weighted by Crippen LogP contribution is -2.20. The van der Waals surface area contributed by atoms with Gasteiger partial charge in [0.15, 0.2) is 0 Å². The first-order valence-corrected chi connectivity index (χ1v) is 7.23. The van der Waals surface area contributed by atoms with Crippen molar-refractivity contribution in [3.05, 3.63) is 65.7 Å². The zero-order chi connectivity index (χ0) is 14.4. The van der Waals surface area contributed by atoms with Crippen LogP contribution in [0.2, 0.25) is 0 Å². The molecule has 2 aromatic carbocycles. The van der Waals surface area contributed by atoms with Gasteiger partial charge in [0.25, 0.3) is 0 Å². The summed E-state index contributed by atoms with van der Waals surface area (Å²) < 4.78 is 0. The Balaban J connectivity index is 1.89. The molecule has 2 rings (SSSR count). The second-order valence-electron chi connectivity index (χ2n) is 5.16. The van der Waals surface area contributed by atoms with E-state index in [0.717, 1.165) is 24.9 Å². The molecule has 0 aliphatic heterocycles. The second kappa shape index (κ2) is 7.11. The lowest BCUT2D eigenvalue weighted by Gasteiger charge is -2.21. The van der Waals surface area contributed by atoms with Gasteiger partial charge < -0.3 is 10.0 Å². The summed E-state index contributed by atoms with van der Waals surface area (Å²) in [4.78, 5) is 2.17. The number of anilines is 1. The Morgan fingerprint density at radius 1 is 1.00 bits per heavy atom. The molecule has 2 nitrogen and oxygen atoms in total. The van der Waals surface area contributed by atoms with Gasteiger partial charge in [-0.05, 0) is 36.1 Å². The van der Waals surface area contributed by atoms with Gasteiger partial charge in [0, 0.05) is 19.3 Å². The van der Waals surface area contributed by atoms with Gasteiger partial charge in [0.1, 0.15) is 0 Å². The smallest absolute Gasteiger partial charge is 0.0806 e. The Hall–Kier alpha value is -1.80. The average molecular weight is 269 g/mol. The van der Waals surface area contributed by atoms with Crippen LogP contribution in [-0.4, -0.2) is 18.7 Å². The lowest BCUT2D eigenvalue weighted by atomic mass is 10.0. The van der Waals surface area contributed by atoms with E-state index < -0.39 is 6.10 Å². The largest absolute Gasteiger partial charge is 0.388 e. The van der Waals surface area contributed by atoms with E-state index in [1.807, 2.05) is 30.3 Å². The Bertz CT molecular complexity index is 507. The van der Waals surface area contributed by atoms with Gasteiger partial charge >= 0.3 is 0 Å². The highest BCUT2D eigenvalue weighted by Gasteiger charge is 2.09. The lowest BCUT2D eigenvalue weighted by molar-refractivity contribution is 0.170. The molecule has 0 heterocycles. The molecule has 0 bridgehead atoms. The molecule has 0 saturated heterocycles. The summed E-state index contributed by atoms with van der Waals surface area (Å²) in [7, 11) is 2.06. The van der Waals surface area contributed by atoms with Gasteiger partial charge in [0.2, 0.25) is 0 Å². The fraction of sp³-hybridized carbons (Fsp3) is 0.333. The van der Waals surface area contributed by atoms with E-state index in [1.54, 1.807) is 0 Å². The molecule has 0 aromatic heterocycles. The highest BCUT2D eigenvalue weighted by atomic mass is 16.3. The predicted octanol–water partition coefficient (Wildman–Crippen LogP) is 3.81. The zero-order valence-corrected chi connectivity index (χ0v) is 12.3. The van der Waals surface area contributed by atoms with Crippen LogP contribution in [0.3, 0.4) is 0 Å². The molecule has 0 saturated carbocycles. The van der Waals surface area contributed by atoms with Crippen molar-refractivity contribution in [1.29, 1.82) is 0 Å². The first-order valence-electron chi connectivity index (χ1n) is 7.23. The third-order valence-corrected chi connectivity index (χ3v) is 3.71. The van der Waals surface area contributed by atoms with Crippen molar-refractivity contribution in [3.63, 3.8) is 0 Å². The molecule has 1 N–H and O–H groups in total. The summed E-state index contributed by atoms with van der Waals surface area (Å²) in [6.45, 7) is 2.97. The topological polar surface area (TPSA) is 23.5 Å². The van der Waals surface area contributed by atoms with Crippen molar-refractivity contribution in [2.45, 2.75) is 25.9 Å². The third kappa shape index (κ3) is 3.84. The first-order chi connectivity index (χ1) is 9.70. The number of aliphatic hydroxyl groups is 1. The van der Waals surface area contributed by atoms with Crippen LogP contribution in [-0.2, 0) is 6.42 Å². The molecule has 0 aliphatic carbocycles. The van der Waals surface area contributed by atoms with E-state index in [0.29, 0.717) is 0 Å². The maximum atomic E-state index is 10.3. The number of hydrogen-bond donors (Lipinski definition) is 1. The maximum Gasteiger partial charge on any atom is 0.0806 e. The number of rotatable bonds is 6. The molecule has 1 unspecified atom stereocenters. The Kier molecular flexibility index (Phi) is 5.19. The van der Waals surface area contributed by atoms with E-state index in [2.05, 4.69) is 43.1 Å². The SMILES string of the molecule is CCc1ccc(C(O)CCN(C)c2ccccc2)cc1. The van der Waals surface area contributed by atoms with Gasteiger partial charge in [-0.1, -0.05) is 49.4 Å². The van der Waals surface area contributed by atoms with Gasteiger partial charge in [-0.2, -0.15) is 0 Å². The van der Waals surface area contributed by atoms with E-state index in [9.17, 15) is 5.11 Å². The summed E-state index contributed by atoms with van der Waals surface area (Å²) in [5.41, 5.74) is 3.49. The van der Waals surface area contributed by atoms with Crippen LogP contribution in [0.1, 0.15) is 30.6 Å². The number of nitrogens with zero attached hydrogens (tertiary/aromatic N) is 1. The van der Waals surface area contributed by atoms with Crippen molar-refractivity contribution in [2.75, 3.05) is 18.5 Å². The van der Waals surface area contributed by atoms with Gasteiger partial charge in [-0.25, -0.2) is 0 Å². The summed E-state index contributed by atoms with van der Waals surface area (Å²) in [6, 6.07) is 18.5. The molecule has 0 aliphatic rings. The van der Waals surface area contributed by atoms with Crippen molar-refractivity contribution >= 4 is 5.69 Å². The molecule has 0 fully saturated rings. The van der Waals surface area contributed by atoms with Crippen LogP contribution < -0.4 is 4.90 Å². The van der Waals surface area contributed by atoms with E-state index in [-0.39, 0.29) is 0 Å². The Morgan fingerprint density at radius 3 is 2.25 bits per heavy atom. The highest BCUT2D eigenvalue weighted by molar-refractivity contribution is 5.44. The van der Waals surface area contributed by atoms with Crippen molar-refractivity contribution < 1.29 is 5.11 Å². The Morgan fingerprint density at radius 2 is 1.65 bits per heavy atom. The molecule has 2 aromatic rings. The van der Waals surface area contributed by atoms with Crippen LogP contribution in [0.4, 0.5) is 5.69 Å². The molecular formula is C18H23NO. The summed E-state index contributed by atoms with van der Waals surface area (Å²) in [6.07, 6.45) is 1.37. The maximum absolute atomic E-state index is 10.3. The van der Waals surface area contributed by atoms with Crippen LogP contribution in [0.5, 0.6) is 0 Å². The van der Waals surface area contributed by atoms with E-state index >= 15 is 0 Å². The standard InChI is InChI=1S/C18H23NO/c1-3-15-9-11-16(12-10-15)18(20)13-14-19(2)17-7-5-4-6-8-17/h4-12,18,20H,3,13-14H2,1-2H3. The second-order valence-corrected chi connectivity index (χ2v) is 5.16. The number of para-hydroxylation sites is 1. The molecule has 106 valence electrons. The predicted molar refractivity (Wildman–Crippen MR) is 85.1 cm³/mol. The zero-order valence-electron chi connectivity index (χ0n) is 12.3. The summed E-state index contributed by atoms with van der Waals surface area (Å²) in [5, 5.41) is 10.3. The molecule has 20 heavy (non-hydrogen) atoms. The number of aryl methyl sites for hydroxylation is 1. The van der Waals surface area contributed by atoms with Gasteiger partial charge in [0.05, 0.1) is 6.10 Å². The molecule has 0 radical (unpaired) electrons. The summed E-state index contributed by atoms with van der Waals surface area (Å²) >= 11 is 0. The van der Waals surface area contributed by atoms with Crippen molar-refractivity contribution in [3.8, 4) is 0 Å². The number of hydrogen-bond acceptors (Lipinski definition) is 2. The quantitative estimate of drug-likeness (QED) is 0.862. The van der Waals surface area contributed by atoms with Crippen LogP contribution in [0.15, 0.2) is 54.6 Å². The normalized spacial score (nSPS) is 12.2. The minimum atomic E-state index is -0.396. The fourth-order valence-electron chi connectivity index (χ4n) is 2.27. The third-order valence-electron chi connectivity index (χ3n) is 3.71. The average Bonchev–Trinajstić information content (AvgIpc) is 2.53. The number of benzene rings is 2. The van der Waals surface area contributed by atoms with Crippen LogP contribution >= 0.6 is 0 Å². The number of aliphatic hydroxyl groups excluding tert-OH is 1. The minimum absolute atomic E-state index is 0.396. The molecular weight excluding hydrogens is 246 g/mol. The van der Waals surface area contributed by atoms with E-state index in [1.165, 1.54) is 11.3 Å². The molecule has 0 spiro atoms. The van der Waals surface area contributed by atoms with Crippen LogP contribution in [0.25, 0.3) is 0 Å². The first kappa shape index (κ1) is 14.6. The minimum Gasteiger partial charge on any atom is -0.388 e. The monoisotopic (exact) mass is 269 g/mol. The summed E-state index contributed by atoms with van der Waals surface area (Å²) in [5.74, 6) is 0. The van der Waals surface area contributed by atoms with Crippen molar-refractivity contribution in [2.24, 2.45) is 0 Å². The molecule has 1 atom stereocenters. The Labute approximate surface area is 121 Å².